The Labute approximate surface area is 176 Å². The predicted molar refractivity (Wildman–Crippen MR) is 106 cm³/mol. The van der Waals surface area contributed by atoms with E-state index in [4.69, 9.17) is 4.74 Å². The number of pyridine rings is 1. The minimum Gasteiger partial charge on any atom is -0.452 e. The maximum Gasteiger partial charge on any atom is 0.416 e. The lowest BCUT2D eigenvalue weighted by Crippen LogP contribution is -2.41. The van der Waals surface area contributed by atoms with Gasteiger partial charge in [0.05, 0.1) is 12.1 Å². The molecule has 1 aromatic heterocycles. The number of amides is 2. The van der Waals surface area contributed by atoms with Gasteiger partial charge < -0.3 is 20.7 Å². The maximum atomic E-state index is 12.9. The Bertz CT molecular complexity index is 948. The second-order valence-electron chi connectivity index (χ2n) is 6.68. The van der Waals surface area contributed by atoms with Gasteiger partial charge in [0.1, 0.15) is 11.4 Å². The van der Waals surface area contributed by atoms with Crippen molar-refractivity contribution >= 4 is 29.3 Å². The Kier molecular flexibility index (Phi) is 7.94. The number of esters is 1. The minimum absolute atomic E-state index is 0.0384. The van der Waals surface area contributed by atoms with Crippen LogP contribution in [0.3, 0.4) is 0 Å². The van der Waals surface area contributed by atoms with Crippen molar-refractivity contribution in [3.63, 3.8) is 0 Å². The Morgan fingerprint density at radius 3 is 2.52 bits per heavy atom. The second kappa shape index (κ2) is 10.4. The van der Waals surface area contributed by atoms with Crippen LogP contribution in [0.4, 0.5) is 24.7 Å². The fraction of sp³-hybridized carbons (Fsp3) is 0.300. The zero-order valence-electron chi connectivity index (χ0n) is 16.7. The number of rotatable bonds is 8. The van der Waals surface area contributed by atoms with E-state index in [-0.39, 0.29) is 29.7 Å². The second-order valence-corrected chi connectivity index (χ2v) is 6.68. The molecule has 0 bridgehead atoms. The molecule has 2 rings (SSSR count). The molecular weight excluding hydrogens is 417 g/mol. The van der Waals surface area contributed by atoms with Crippen molar-refractivity contribution in [3.8, 4) is 0 Å². The standard InChI is InChI=1S/C20H21F3N4O4/c1-12(2)26-16(28)10-25-17(29)11-31-19(30)15-7-4-8-24-18(15)27-14-6-3-5-13(9-14)20(21,22)23/h3-9,12H,10-11H2,1-2H3,(H,24,27)(H,25,29)(H,26,28). The Hall–Kier alpha value is -3.63. The molecule has 166 valence electrons. The maximum absolute atomic E-state index is 12.9. The van der Waals surface area contributed by atoms with Crippen LogP contribution in [-0.4, -0.2) is 42.0 Å². The van der Waals surface area contributed by atoms with E-state index in [1.807, 2.05) is 0 Å². The van der Waals surface area contributed by atoms with Crippen molar-refractivity contribution < 1.29 is 32.3 Å². The smallest absolute Gasteiger partial charge is 0.416 e. The van der Waals surface area contributed by atoms with Crippen molar-refractivity contribution in [2.75, 3.05) is 18.5 Å². The van der Waals surface area contributed by atoms with E-state index in [0.717, 1.165) is 12.1 Å². The average Bonchev–Trinajstić information content (AvgIpc) is 2.70. The summed E-state index contributed by atoms with van der Waals surface area (Å²) in [5, 5.41) is 7.53. The highest BCUT2D eigenvalue weighted by molar-refractivity contribution is 5.96. The molecule has 0 atom stereocenters. The van der Waals surface area contributed by atoms with Crippen LogP contribution >= 0.6 is 0 Å². The number of anilines is 2. The Morgan fingerprint density at radius 1 is 1.10 bits per heavy atom. The number of aromatic nitrogens is 1. The van der Waals surface area contributed by atoms with Crippen molar-refractivity contribution in [3.05, 3.63) is 53.7 Å². The van der Waals surface area contributed by atoms with Gasteiger partial charge in [-0.05, 0) is 44.2 Å². The lowest BCUT2D eigenvalue weighted by molar-refractivity contribution is -0.137. The summed E-state index contributed by atoms with van der Waals surface area (Å²) < 4.78 is 43.6. The number of hydrogen-bond donors (Lipinski definition) is 3. The molecule has 3 N–H and O–H groups in total. The van der Waals surface area contributed by atoms with E-state index in [9.17, 15) is 27.6 Å². The van der Waals surface area contributed by atoms with E-state index < -0.39 is 36.1 Å². The summed E-state index contributed by atoms with van der Waals surface area (Å²) in [4.78, 5) is 39.6. The fourth-order valence-electron chi connectivity index (χ4n) is 2.39. The monoisotopic (exact) mass is 438 g/mol. The van der Waals surface area contributed by atoms with Crippen LogP contribution in [0.25, 0.3) is 0 Å². The summed E-state index contributed by atoms with van der Waals surface area (Å²) in [6, 6.07) is 7.08. The summed E-state index contributed by atoms with van der Waals surface area (Å²) in [5.74, 6) is -2.04. The van der Waals surface area contributed by atoms with Crippen LogP contribution in [0.2, 0.25) is 0 Å². The van der Waals surface area contributed by atoms with Crippen LogP contribution in [0.1, 0.15) is 29.8 Å². The third kappa shape index (κ3) is 7.61. The minimum atomic E-state index is -4.52. The van der Waals surface area contributed by atoms with Gasteiger partial charge in [-0.25, -0.2) is 9.78 Å². The molecule has 8 nitrogen and oxygen atoms in total. The van der Waals surface area contributed by atoms with Gasteiger partial charge in [0, 0.05) is 17.9 Å². The number of benzene rings is 1. The van der Waals surface area contributed by atoms with Crippen molar-refractivity contribution in [2.24, 2.45) is 0 Å². The van der Waals surface area contributed by atoms with Gasteiger partial charge in [0.25, 0.3) is 5.91 Å². The topological polar surface area (TPSA) is 109 Å². The van der Waals surface area contributed by atoms with Crippen molar-refractivity contribution in [1.82, 2.24) is 15.6 Å². The van der Waals surface area contributed by atoms with Crippen LogP contribution in [-0.2, 0) is 20.5 Å². The van der Waals surface area contributed by atoms with Crippen LogP contribution in [0.15, 0.2) is 42.6 Å². The number of carbonyl (C=O) groups is 3. The molecule has 0 spiro atoms. The SMILES string of the molecule is CC(C)NC(=O)CNC(=O)COC(=O)c1cccnc1Nc1cccc(C(F)(F)F)c1. The third-order valence-corrected chi connectivity index (χ3v) is 3.71. The summed E-state index contributed by atoms with van der Waals surface area (Å²) in [6.45, 7) is 2.61. The molecule has 0 saturated heterocycles. The molecule has 0 radical (unpaired) electrons. The van der Waals surface area contributed by atoms with Crippen molar-refractivity contribution in [1.29, 1.82) is 0 Å². The molecule has 0 aliphatic heterocycles. The number of halogens is 3. The molecule has 0 fully saturated rings. The molecule has 1 heterocycles. The van der Waals surface area contributed by atoms with Gasteiger partial charge in [0.2, 0.25) is 5.91 Å². The quantitative estimate of drug-likeness (QED) is 0.547. The molecule has 31 heavy (non-hydrogen) atoms. The van der Waals surface area contributed by atoms with E-state index in [1.165, 1.54) is 30.5 Å². The van der Waals surface area contributed by atoms with E-state index in [1.54, 1.807) is 13.8 Å². The summed E-state index contributed by atoms with van der Waals surface area (Å²) in [7, 11) is 0. The summed E-state index contributed by atoms with van der Waals surface area (Å²) in [6.07, 6.45) is -3.18. The molecule has 1 aromatic carbocycles. The first-order valence-electron chi connectivity index (χ1n) is 9.18. The molecule has 2 aromatic rings. The largest absolute Gasteiger partial charge is 0.452 e. The van der Waals surface area contributed by atoms with Crippen LogP contribution < -0.4 is 16.0 Å². The molecule has 0 aliphatic rings. The van der Waals surface area contributed by atoms with Crippen LogP contribution in [0, 0.1) is 0 Å². The fourth-order valence-corrected chi connectivity index (χ4v) is 2.39. The highest BCUT2D eigenvalue weighted by Gasteiger charge is 2.30. The number of hydrogen-bond acceptors (Lipinski definition) is 6. The lowest BCUT2D eigenvalue weighted by Gasteiger charge is -2.13. The normalized spacial score (nSPS) is 11.0. The lowest BCUT2D eigenvalue weighted by atomic mass is 10.2. The van der Waals surface area contributed by atoms with Gasteiger partial charge in [-0.3, -0.25) is 9.59 Å². The molecular formula is C20H21F3N4O4. The Balaban J connectivity index is 1.99. The molecule has 11 heteroatoms. The zero-order chi connectivity index (χ0) is 23.0. The number of ether oxygens (including phenoxy) is 1. The van der Waals surface area contributed by atoms with Gasteiger partial charge in [-0.15, -0.1) is 0 Å². The molecule has 0 saturated carbocycles. The van der Waals surface area contributed by atoms with Gasteiger partial charge >= 0.3 is 12.1 Å². The first-order chi connectivity index (χ1) is 14.6. The van der Waals surface area contributed by atoms with Gasteiger partial charge in [0.15, 0.2) is 6.61 Å². The highest BCUT2D eigenvalue weighted by Crippen LogP contribution is 2.31. The highest BCUT2D eigenvalue weighted by atomic mass is 19.4. The molecule has 0 unspecified atom stereocenters. The summed E-state index contributed by atoms with van der Waals surface area (Å²) >= 11 is 0. The summed E-state index contributed by atoms with van der Waals surface area (Å²) in [5.41, 5.74) is -0.877. The van der Waals surface area contributed by atoms with Gasteiger partial charge in [-0.1, -0.05) is 6.07 Å². The van der Waals surface area contributed by atoms with E-state index in [2.05, 4.69) is 20.9 Å². The first-order valence-corrected chi connectivity index (χ1v) is 9.18. The third-order valence-electron chi connectivity index (χ3n) is 3.71. The first kappa shape index (κ1) is 23.6. The molecule has 0 aliphatic carbocycles. The zero-order valence-corrected chi connectivity index (χ0v) is 16.7. The number of nitrogens with one attached hydrogen (secondary N) is 3. The van der Waals surface area contributed by atoms with E-state index in [0.29, 0.717) is 0 Å². The Morgan fingerprint density at radius 2 is 1.84 bits per heavy atom. The molecule has 2 amide bonds. The van der Waals surface area contributed by atoms with E-state index >= 15 is 0 Å². The number of nitrogens with zero attached hydrogens (tertiary/aromatic N) is 1. The number of carbonyl (C=O) groups excluding carboxylic acids is 3. The van der Waals surface area contributed by atoms with Crippen molar-refractivity contribution in [2.45, 2.75) is 26.1 Å². The van der Waals surface area contributed by atoms with Gasteiger partial charge in [-0.2, -0.15) is 13.2 Å². The number of alkyl halides is 3. The average molecular weight is 438 g/mol. The van der Waals surface area contributed by atoms with Crippen LogP contribution in [0.5, 0.6) is 0 Å². The predicted octanol–water partition coefficient (Wildman–Crippen LogP) is 2.64.